The van der Waals surface area contributed by atoms with Gasteiger partial charge in [0.1, 0.15) is 11.9 Å². The third-order valence-corrected chi connectivity index (χ3v) is 3.41. The maximum Gasteiger partial charge on any atom is 0.419 e. The molecule has 0 saturated heterocycles. The lowest BCUT2D eigenvalue weighted by atomic mass is 10.0. The molecule has 0 aliphatic heterocycles. The first-order valence-electron chi connectivity index (χ1n) is 7.07. The molecule has 144 valence electrons. The van der Waals surface area contributed by atoms with Crippen molar-refractivity contribution in [2.45, 2.75) is 12.5 Å². The molecule has 2 amide bonds. The number of carbonyl (C=O) groups is 3. The van der Waals surface area contributed by atoms with Gasteiger partial charge in [0.25, 0.3) is 0 Å². The number of hydrogen-bond acceptors (Lipinski definition) is 8. The summed E-state index contributed by atoms with van der Waals surface area (Å²) >= 11 is 0. The van der Waals surface area contributed by atoms with Gasteiger partial charge in [0.15, 0.2) is 11.5 Å². The van der Waals surface area contributed by atoms with Crippen LogP contribution in [0.2, 0.25) is 0 Å². The Hall–Kier alpha value is -3.08. The first kappa shape index (κ1) is 21.0. The van der Waals surface area contributed by atoms with E-state index >= 15 is 0 Å². The molecule has 0 aliphatic carbocycles. The molecule has 0 spiro atoms. The number of benzene rings is 1. The molecule has 1 N–H and O–H groups in total. The van der Waals surface area contributed by atoms with Crippen molar-refractivity contribution in [3.05, 3.63) is 29.4 Å². The van der Waals surface area contributed by atoms with Gasteiger partial charge in [-0.2, -0.15) is 4.90 Å². The number of amides is 2. The zero-order chi connectivity index (χ0) is 19.9. The summed E-state index contributed by atoms with van der Waals surface area (Å²) in [6.07, 6.45) is -3.25. The van der Waals surface area contributed by atoms with Crippen molar-refractivity contribution < 1.29 is 42.6 Å². The van der Waals surface area contributed by atoms with Crippen LogP contribution in [0.4, 0.5) is 14.0 Å². The molecule has 1 unspecified atom stereocenters. The minimum absolute atomic E-state index is 0.0790. The molecule has 11 heteroatoms. The topological polar surface area (TPSA) is 124 Å². The predicted molar refractivity (Wildman–Crippen MR) is 84.1 cm³/mol. The minimum Gasteiger partial charge on any atom is -0.547 e. The van der Waals surface area contributed by atoms with E-state index in [4.69, 9.17) is 15.4 Å². The summed E-state index contributed by atoms with van der Waals surface area (Å²) in [5.74, 6) is 5.13. The van der Waals surface area contributed by atoms with Crippen LogP contribution in [-0.4, -0.2) is 57.5 Å². The average molecular weight is 373 g/mol. The molecule has 0 aliphatic rings. The van der Waals surface area contributed by atoms with Gasteiger partial charge >= 0.3 is 18.2 Å². The maximum atomic E-state index is 14.3. The number of halogens is 1. The second-order valence-corrected chi connectivity index (χ2v) is 4.75. The van der Waals surface area contributed by atoms with Crippen LogP contribution in [0.3, 0.4) is 0 Å². The number of nitrogens with zero attached hydrogens (tertiary/aromatic N) is 1. The van der Waals surface area contributed by atoms with Crippen molar-refractivity contribution in [2.24, 2.45) is 0 Å². The first-order chi connectivity index (χ1) is 12.3. The van der Waals surface area contributed by atoms with Crippen LogP contribution in [-0.2, 0) is 25.5 Å². The highest BCUT2D eigenvalue weighted by Crippen LogP contribution is 2.31. The molecule has 0 aromatic heterocycles. The highest BCUT2D eigenvalue weighted by Gasteiger charge is 2.37. The fourth-order valence-corrected chi connectivity index (χ4v) is 2.15. The summed E-state index contributed by atoms with van der Waals surface area (Å²) in [7, 11) is 4.62. The third kappa shape index (κ3) is 4.51. The van der Waals surface area contributed by atoms with E-state index in [2.05, 4.69) is 14.3 Å². The lowest BCUT2D eigenvalue weighted by molar-refractivity contribution is -0.145. The van der Waals surface area contributed by atoms with Crippen molar-refractivity contribution >= 4 is 18.2 Å². The quantitative estimate of drug-likeness (QED) is 0.422. The van der Waals surface area contributed by atoms with Crippen molar-refractivity contribution in [1.29, 1.82) is 0 Å². The molecule has 0 radical (unpaired) electrons. The third-order valence-electron chi connectivity index (χ3n) is 3.41. The summed E-state index contributed by atoms with van der Waals surface area (Å²) in [5, 5.41) is 0. The number of nitrogens with one attached hydrogen (secondary N) is 1. The van der Waals surface area contributed by atoms with Gasteiger partial charge in [-0.3, -0.25) is 0 Å². The van der Waals surface area contributed by atoms with E-state index in [9.17, 15) is 18.8 Å². The first-order valence-corrected chi connectivity index (χ1v) is 7.07. The van der Waals surface area contributed by atoms with E-state index in [0.717, 1.165) is 20.3 Å². The Morgan fingerprint density at radius 3 is 2.08 bits per heavy atom. The van der Waals surface area contributed by atoms with Gasteiger partial charge in [-0.15, -0.1) is 0 Å². The Labute approximate surface area is 148 Å². The fourth-order valence-electron chi connectivity index (χ4n) is 2.15. The molecular formula is C15H18FN2O8-. The molecule has 0 fully saturated rings. The van der Waals surface area contributed by atoms with E-state index in [1.807, 2.05) is 0 Å². The number of ether oxygens (including phenoxy) is 4. The molecule has 0 heterocycles. The van der Waals surface area contributed by atoms with Crippen LogP contribution in [0.15, 0.2) is 12.1 Å². The molecule has 0 saturated carbocycles. The van der Waals surface area contributed by atoms with Gasteiger partial charge < -0.3 is 29.7 Å². The van der Waals surface area contributed by atoms with Crippen molar-refractivity contribution in [1.82, 2.24) is 4.90 Å². The number of methoxy groups -OCH3 is 4. The molecule has 10 nitrogen and oxygen atoms in total. The van der Waals surface area contributed by atoms with Gasteiger partial charge in [-0.1, -0.05) is 0 Å². The van der Waals surface area contributed by atoms with Crippen LogP contribution in [0.1, 0.15) is 5.56 Å². The highest BCUT2D eigenvalue weighted by molar-refractivity contribution is 5.94. The van der Waals surface area contributed by atoms with Crippen molar-refractivity contribution in [2.75, 3.05) is 28.4 Å². The second kappa shape index (κ2) is 9.42. The van der Waals surface area contributed by atoms with Gasteiger partial charge in [-0.05, 0) is 11.6 Å². The second-order valence-electron chi connectivity index (χ2n) is 4.75. The van der Waals surface area contributed by atoms with Gasteiger partial charge in [-0.25, -0.2) is 18.8 Å². The van der Waals surface area contributed by atoms with Crippen LogP contribution < -0.4 is 9.47 Å². The van der Waals surface area contributed by atoms with E-state index in [1.54, 1.807) is 0 Å². The predicted octanol–water partition coefficient (Wildman–Crippen LogP) is 2.10. The number of carbonyl (C=O) groups excluding carboxylic acids is 3. The molecule has 1 aromatic rings. The van der Waals surface area contributed by atoms with Crippen LogP contribution in [0.25, 0.3) is 5.90 Å². The van der Waals surface area contributed by atoms with Crippen molar-refractivity contribution in [3.8, 4) is 11.5 Å². The average Bonchev–Trinajstić information content (AvgIpc) is 2.66. The summed E-state index contributed by atoms with van der Waals surface area (Å²) in [6, 6.07) is 0.622. The molecule has 0 bridgehead atoms. The number of rotatable bonds is 6. The lowest BCUT2D eigenvalue weighted by Gasteiger charge is -2.27. The summed E-state index contributed by atoms with van der Waals surface area (Å²) in [4.78, 5) is 39.6. The zero-order valence-electron chi connectivity index (χ0n) is 14.5. The summed E-state index contributed by atoms with van der Waals surface area (Å²) < 4.78 is 33.3. The maximum absolute atomic E-state index is 14.3. The van der Waals surface area contributed by atoms with E-state index in [-0.39, 0.29) is 22.0 Å². The normalized spacial score (nSPS) is 11.2. The number of esters is 1. The Balaban J connectivity index is 3.37. The number of imide groups is 1. The summed E-state index contributed by atoms with van der Waals surface area (Å²) in [5.41, 5.74) is -0.0790. The van der Waals surface area contributed by atoms with Gasteiger partial charge in [0.05, 0.1) is 28.4 Å². The number of hydrogen-bond donors (Lipinski definition) is 0. The zero-order valence-corrected chi connectivity index (χ0v) is 14.5. The monoisotopic (exact) mass is 373 g/mol. The Kier molecular flexibility index (Phi) is 7.59. The van der Waals surface area contributed by atoms with Gasteiger partial charge in [0, 0.05) is 12.5 Å². The van der Waals surface area contributed by atoms with Crippen LogP contribution in [0.5, 0.6) is 11.5 Å². The van der Waals surface area contributed by atoms with Gasteiger partial charge in [0.2, 0.25) is 0 Å². The lowest BCUT2D eigenvalue weighted by Crippen LogP contribution is -2.50. The highest BCUT2D eigenvalue weighted by atomic mass is 19.1. The molecular weight excluding hydrogens is 355 g/mol. The van der Waals surface area contributed by atoms with Crippen LogP contribution >= 0.6 is 0 Å². The largest absolute Gasteiger partial charge is 0.547 e. The minimum atomic E-state index is -1.64. The molecule has 1 aromatic carbocycles. The molecule has 1 atom stereocenters. The summed E-state index contributed by atoms with van der Waals surface area (Å²) in [6.45, 7) is 0. The fraction of sp³-hybridized carbons (Fsp3) is 0.400. The SMILES string of the molecule is COC(=O)C(Cc1cc(OC)c(OC)cc1F)N(C(=O)OC)C(=O)O[NH-]. The standard InChI is InChI=1S/C15H18FN2O8/c1-22-11-6-8(9(16)7-12(11)23-2)5-10(13(19)24-3)18(14(20)25-4)15(21)26-17/h6-7,10,17H,5H2,1-4H3/q-1. The Bertz CT molecular complexity index is 666. The Morgan fingerprint density at radius 1 is 1.04 bits per heavy atom. The van der Waals surface area contributed by atoms with Crippen LogP contribution in [0, 0.1) is 5.82 Å². The van der Waals surface area contributed by atoms with Crippen molar-refractivity contribution in [3.63, 3.8) is 0 Å². The van der Waals surface area contributed by atoms with E-state index in [1.165, 1.54) is 20.3 Å². The smallest absolute Gasteiger partial charge is 0.419 e. The Morgan fingerprint density at radius 2 is 1.62 bits per heavy atom. The molecule has 1 rings (SSSR count). The van der Waals surface area contributed by atoms with E-state index in [0.29, 0.717) is 0 Å². The molecule has 26 heavy (non-hydrogen) atoms. The van der Waals surface area contributed by atoms with E-state index < -0.39 is 36.4 Å².